The van der Waals surface area contributed by atoms with Crippen molar-refractivity contribution in [2.75, 3.05) is 13.2 Å². The van der Waals surface area contributed by atoms with Crippen LogP contribution in [0.5, 0.6) is 11.5 Å². The minimum atomic E-state index is -0.323. The summed E-state index contributed by atoms with van der Waals surface area (Å²) in [5.74, 6) is 1.28. The Morgan fingerprint density at radius 2 is 2.00 bits per heavy atom. The van der Waals surface area contributed by atoms with Gasteiger partial charge >= 0.3 is 0 Å². The fraction of sp³-hybridized carbons (Fsp3) is 0.533. The van der Waals surface area contributed by atoms with E-state index in [0.29, 0.717) is 26.2 Å². The first kappa shape index (κ1) is 14.7. The second kappa shape index (κ2) is 6.13. The Balaban J connectivity index is 2.00. The van der Waals surface area contributed by atoms with Gasteiger partial charge in [-0.05, 0) is 31.5 Å². The molecule has 1 aliphatic heterocycles. The fourth-order valence-corrected chi connectivity index (χ4v) is 2.16. The largest absolute Gasteiger partial charge is 0.490 e. The summed E-state index contributed by atoms with van der Waals surface area (Å²) in [6.07, 6.45) is 1.20. The molecule has 0 aliphatic carbocycles. The summed E-state index contributed by atoms with van der Waals surface area (Å²) >= 11 is 0. The first-order valence-corrected chi connectivity index (χ1v) is 6.88. The Morgan fingerprint density at radius 3 is 2.70 bits per heavy atom. The first-order valence-electron chi connectivity index (χ1n) is 6.88. The molecular weight excluding hydrogens is 256 g/mol. The van der Waals surface area contributed by atoms with Gasteiger partial charge in [-0.1, -0.05) is 6.07 Å². The van der Waals surface area contributed by atoms with Gasteiger partial charge in [-0.2, -0.15) is 0 Å². The average Bonchev–Trinajstić information content (AvgIpc) is 2.59. The third-order valence-electron chi connectivity index (χ3n) is 3.20. The molecule has 0 aromatic heterocycles. The number of carbonyl (C=O) groups excluding carboxylic acids is 1. The first-order chi connectivity index (χ1) is 9.46. The van der Waals surface area contributed by atoms with Gasteiger partial charge in [-0.3, -0.25) is 4.79 Å². The Bertz CT molecular complexity index is 486. The number of hydrogen-bond donors (Lipinski definition) is 2. The summed E-state index contributed by atoms with van der Waals surface area (Å²) in [6, 6.07) is 5.91. The van der Waals surface area contributed by atoms with Crippen LogP contribution in [-0.4, -0.2) is 24.7 Å². The molecule has 1 aromatic carbocycles. The van der Waals surface area contributed by atoms with Gasteiger partial charge in [0, 0.05) is 24.9 Å². The van der Waals surface area contributed by atoms with E-state index in [-0.39, 0.29) is 11.4 Å². The highest BCUT2D eigenvalue weighted by atomic mass is 16.5. The molecule has 0 radical (unpaired) electrons. The molecule has 0 atom stereocenters. The van der Waals surface area contributed by atoms with Crippen molar-refractivity contribution in [3.05, 3.63) is 23.8 Å². The highest BCUT2D eigenvalue weighted by Crippen LogP contribution is 2.30. The molecule has 0 saturated heterocycles. The summed E-state index contributed by atoms with van der Waals surface area (Å²) < 4.78 is 11.3. The van der Waals surface area contributed by atoms with Crippen LogP contribution in [0.4, 0.5) is 0 Å². The van der Waals surface area contributed by atoms with Crippen LogP contribution in [0.3, 0.4) is 0 Å². The van der Waals surface area contributed by atoms with Crippen LogP contribution < -0.4 is 20.5 Å². The standard InChI is InChI=1S/C15H22N2O3/c1-15(2,9-14(16)18)17-10-11-4-5-12-13(8-11)20-7-3-6-19-12/h4-5,8,17H,3,6-7,9-10H2,1-2H3,(H2,16,18). The van der Waals surface area contributed by atoms with Gasteiger partial charge in [-0.15, -0.1) is 0 Å². The Morgan fingerprint density at radius 1 is 1.30 bits per heavy atom. The van der Waals surface area contributed by atoms with E-state index in [1.165, 1.54) is 0 Å². The smallest absolute Gasteiger partial charge is 0.219 e. The van der Waals surface area contributed by atoms with Crippen LogP contribution in [0.1, 0.15) is 32.3 Å². The molecule has 110 valence electrons. The third-order valence-corrected chi connectivity index (χ3v) is 3.20. The zero-order chi connectivity index (χ0) is 14.6. The molecule has 0 saturated carbocycles. The molecule has 5 heteroatoms. The number of rotatable bonds is 5. The monoisotopic (exact) mass is 278 g/mol. The van der Waals surface area contributed by atoms with Gasteiger partial charge in [0.1, 0.15) is 0 Å². The lowest BCUT2D eigenvalue weighted by molar-refractivity contribution is -0.119. The van der Waals surface area contributed by atoms with Gasteiger partial charge in [0.15, 0.2) is 11.5 Å². The summed E-state index contributed by atoms with van der Waals surface area (Å²) in [6.45, 7) is 5.94. The molecule has 1 heterocycles. The molecule has 0 unspecified atom stereocenters. The van der Waals surface area contributed by atoms with Gasteiger partial charge in [-0.25, -0.2) is 0 Å². The maximum absolute atomic E-state index is 11.0. The predicted octanol–water partition coefficient (Wildman–Crippen LogP) is 1.59. The lowest BCUT2D eigenvalue weighted by Gasteiger charge is -2.25. The van der Waals surface area contributed by atoms with Crippen molar-refractivity contribution in [1.29, 1.82) is 0 Å². The number of primary amides is 1. The van der Waals surface area contributed by atoms with Crippen LogP contribution in [0.15, 0.2) is 18.2 Å². The Labute approximate surface area is 119 Å². The Kier molecular flexibility index (Phi) is 4.49. The van der Waals surface area contributed by atoms with Crippen LogP contribution >= 0.6 is 0 Å². The number of nitrogens with two attached hydrogens (primary N) is 1. The number of hydrogen-bond acceptors (Lipinski definition) is 4. The minimum Gasteiger partial charge on any atom is -0.490 e. The highest BCUT2D eigenvalue weighted by molar-refractivity contribution is 5.75. The lowest BCUT2D eigenvalue weighted by Crippen LogP contribution is -2.42. The highest BCUT2D eigenvalue weighted by Gasteiger charge is 2.20. The zero-order valence-corrected chi connectivity index (χ0v) is 12.1. The van der Waals surface area contributed by atoms with E-state index in [1.54, 1.807) is 0 Å². The second-order valence-electron chi connectivity index (χ2n) is 5.71. The maximum atomic E-state index is 11.0. The van der Waals surface area contributed by atoms with E-state index in [1.807, 2.05) is 32.0 Å². The molecule has 0 fully saturated rings. The quantitative estimate of drug-likeness (QED) is 0.858. The number of amides is 1. The fourth-order valence-electron chi connectivity index (χ4n) is 2.16. The van der Waals surface area contributed by atoms with Crippen molar-refractivity contribution in [2.24, 2.45) is 5.73 Å². The molecular formula is C15H22N2O3. The maximum Gasteiger partial charge on any atom is 0.219 e. The van der Waals surface area contributed by atoms with Crippen molar-refractivity contribution < 1.29 is 14.3 Å². The molecule has 1 aromatic rings. The van der Waals surface area contributed by atoms with Crippen molar-refractivity contribution in [2.45, 2.75) is 38.8 Å². The van der Waals surface area contributed by atoms with Gasteiger partial charge in [0.25, 0.3) is 0 Å². The van der Waals surface area contributed by atoms with E-state index in [4.69, 9.17) is 15.2 Å². The van der Waals surface area contributed by atoms with Gasteiger partial charge < -0.3 is 20.5 Å². The van der Waals surface area contributed by atoms with Crippen LogP contribution in [0, 0.1) is 0 Å². The molecule has 3 N–H and O–H groups in total. The SMILES string of the molecule is CC(C)(CC(N)=O)NCc1ccc2c(c1)OCCCO2. The number of fused-ring (bicyclic) bond motifs is 1. The van der Waals surface area contributed by atoms with E-state index < -0.39 is 0 Å². The topological polar surface area (TPSA) is 73.6 Å². The van der Waals surface area contributed by atoms with Crippen LogP contribution in [0.25, 0.3) is 0 Å². The van der Waals surface area contributed by atoms with E-state index in [9.17, 15) is 4.79 Å². The average molecular weight is 278 g/mol. The minimum absolute atomic E-state index is 0.303. The van der Waals surface area contributed by atoms with E-state index in [0.717, 1.165) is 23.5 Å². The molecule has 1 aliphatic rings. The Hall–Kier alpha value is -1.75. The van der Waals surface area contributed by atoms with Crippen LogP contribution in [0.2, 0.25) is 0 Å². The van der Waals surface area contributed by atoms with E-state index >= 15 is 0 Å². The number of ether oxygens (including phenoxy) is 2. The molecule has 1 amide bonds. The number of nitrogens with one attached hydrogen (secondary N) is 1. The van der Waals surface area contributed by atoms with Crippen molar-refractivity contribution >= 4 is 5.91 Å². The summed E-state index contributed by atoms with van der Waals surface area (Å²) in [4.78, 5) is 11.0. The predicted molar refractivity (Wildman–Crippen MR) is 76.8 cm³/mol. The third kappa shape index (κ3) is 4.13. The lowest BCUT2D eigenvalue weighted by atomic mass is 10.00. The summed E-state index contributed by atoms with van der Waals surface area (Å²) in [5.41, 5.74) is 6.01. The van der Waals surface area contributed by atoms with Crippen LogP contribution in [-0.2, 0) is 11.3 Å². The molecule has 20 heavy (non-hydrogen) atoms. The van der Waals surface area contributed by atoms with Gasteiger partial charge in [0.05, 0.1) is 13.2 Å². The van der Waals surface area contributed by atoms with E-state index in [2.05, 4.69) is 5.32 Å². The van der Waals surface area contributed by atoms with Crippen molar-refractivity contribution in [3.8, 4) is 11.5 Å². The normalized spacial score (nSPS) is 14.7. The van der Waals surface area contributed by atoms with Crippen molar-refractivity contribution in [3.63, 3.8) is 0 Å². The zero-order valence-electron chi connectivity index (χ0n) is 12.1. The molecule has 0 bridgehead atoms. The number of benzene rings is 1. The second-order valence-corrected chi connectivity index (χ2v) is 5.71. The summed E-state index contributed by atoms with van der Waals surface area (Å²) in [7, 11) is 0. The molecule has 5 nitrogen and oxygen atoms in total. The van der Waals surface area contributed by atoms with Crippen molar-refractivity contribution in [1.82, 2.24) is 5.32 Å². The summed E-state index contributed by atoms with van der Waals surface area (Å²) in [5, 5.41) is 3.33. The molecule has 0 spiro atoms. The number of carbonyl (C=O) groups is 1. The molecule has 2 rings (SSSR count). The van der Waals surface area contributed by atoms with Gasteiger partial charge in [0.2, 0.25) is 5.91 Å².